The van der Waals surface area contributed by atoms with Crippen LogP contribution in [0.4, 0.5) is 0 Å². The molecule has 1 aromatic heterocycles. The van der Waals surface area contributed by atoms with E-state index < -0.39 is 0 Å². The molecule has 2 rings (SSSR count). The van der Waals surface area contributed by atoms with Crippen molar-refractivity contribution in [2.24, 2.45) is 0 Å². The van der Waals surface area contributed by atoms with Gasteiger partial charge >= 0.3 is 0 Å². The highest BCUT2D eigenvalue weighted by Crippen LogP contribution is 2.18. The summed E-state index contributed by atoms with van der Waals surface area (Å²) >= 11 is 0. The van der Waals surface area contributed by atoms with Crippen molar-refractivity contribution < 1.29 is 0 Å². The van der Waals surface area contributed by atoms with Crippen LogP contribution in [0, 0.1) is 0 Å². The van der Waals surface area contributed by atoms with Crippen molar-refractivity contribution in [2.75, 3.05) is 0 Å². The number of aromatic nitrogens is 2. The number of rotatable bonds is 2. The van der Waals surface area contributed by atoms with Gasteiger partial charge in [-0.3, -0.25) is 9.97 Å². The zero-order valence-corrected chi connectivity index (χ0v) is 8.40. The molecule has 0 unspecified atom stereocenters. The van der Waals surface area contributed by atoms with Crippen LogP contribution >= 0.6 is 0 Å². The fourth-order valence-corrected chi connectivity index (χ4v) is 1.49. The fourth-order valence-electron chi connectivity index (χ4n) is 1.49. The van der Waals surface area contributed by atoms with E-state index in [0.29, 0.717) is 0 Å². The van der Waals surface area contributed by atoms with E-state index in [1.807, 2.05) is 12.4 Å². The summed E-state index contributed by atoms with van der Waals surface area (Å²) in [5.41, 5.74) is 3.23. The van der Waals surface area contributed by atoms with Crippen molar-refractivity contribution in [3.05, 3.63) is 42.0 Å². The number of hydrogen-bond donors (Lipinski definition) is 0. The molecule has 0 N–H and O–H groups in total. The van der Waals surface area contributed by atoms with Crippen LogP contribution in [0.5, 0.6) is 0 Å². The third-order valence-electron chi connectivity index (χ3n) is 2.36. The van der Waals surface area contributed by atoms with Gasteiger partial charge in [0.15, 0.2) is 0 Å². The Kier molecular flexibility index (Phi) is 2.73. The molecule has 0 aromatic carbocycles. The van der Waals surface area contributed by atoms with Gasteiger partial charge in [0.1, 0.15) is 0 Å². The summed E-state index contributed by atoms with van der Waals surface area (Å²) in [5.74, 6) is 0. The van der Waals surface area contributed by atoms with E-state index in [1.54, 1.807) is 0 Å². The molecular formula is C12H14N2. The lowest BCUT2D eigenvalue weighted by Gasteiger charge is -2.05. The van der Waals surface area contributed by atoms with Gasteiger partial charge in [-0.1, -0.05) is 25.2 Å². The molecule has 0 saturated carbocycles. The monoisotopic (exact) mass is 186 g/mol. The molecule has 0 atom stereocenters. The van der Waals surface area contributed by atoms with Crippen LogP contribution in [0.1, 0.15) is 31.2 Å². The summed E-state index contributed by atoms with van der Waals surface area (Å²) in [7, 11) is 0. The summed E-state index contributed by atoms with van der Waals surface area (Å²) in [6.07, 6.45) is 13.5. The summed E-state index contributed by atoms with van der Waals surface area (Å²) in [6, 6.07) is 0. The summed E-state index contributed by atoms with van der Waals surface area (Å²) in [4.78, 5) is 8.73. The zero-order valence-electron chi connectivity index (χ0n) is 8.40. The van der Waals surface area contributed by atoms with Crippen molar-refractivity contribution in [1.82, 2.24) is 9.97 Å². The van der Waals surface area contributed by atoms with Gasteiger partial charge in [0.2, 0.25) is 0 Å². The van der Waals surface area contributed by atoms with Crippen LogP contribution in [-0.4, -0.2) is 9.97 Å². The second kappa shape index (κ2) is 4.18. The third-order valence-corrected chi connectivity index (χ3v) is 2.36. The van der Waals surface area contributed by atoms with Crippen molar-refractivity contribution >= 4 is 5.57 Å². The van der Waals surface area contributed by atoms with Gasteiger partial charge in [0, 0.05) is 6.20 Å². The molecule has 0 radical (unpaired) electrons. The molecule has 0 spiro atoms. The van der Waals surface area contributed by atoms with Crippen molar-refractivity contribution in [3.8, 4) is 0 Å². The molecule has 14 heavy (non-hydrogen) atoms. The highest BCUT2D eigenvalue weighted by molar-refractivity contribution is 5.71. The molecule has 1 aliphatic rings. The molecule has 2 nitrogen and oxygen atoms in total. The highest BCUT2D eigenvalue weighted by atomic mass is 14.8. The predicted molar refractivity (Wildman–Crippen MR) is 57.8 cm³/mol. The van der Waals surface area contributed by atoms with Crippen LogP contribution in [0.2, 0.25) is 0 Å². The normalized spacial score (nSPS) is 15.4. The molecule has 0 fully saturated rings. The SMILES string of the molecule is CCc1cnc(C2=CCCC=C2)cn1. The minimum atomic E-state index is 0.947. The fraction of sp³-hybridized carbons (Fsp3) is 0.333. The van der Waals surface area contributed by atoms with Crippen LogP contribution in [0.15, 0.2) is 30.6 Å². The molecule has 1 aromatic rings. The Hall–Kier alpha value is -1.44. The Morgan fingerprint density at radius 3 is 2.71 bits per heavy atom. The molecule has 72 valence electrons. The maximum Gasteiger partial charge on any atom is 0.0882 e. The van der Waals surface area contributed by atoms with Gasteiger partial charge in [0.05, 0.1) is 17.6 Å². The van der Waals surface area contributed by atoms with E-state index in [4.69, 9.17) is 0 Å². The van der Waals surface area contributed by atoms with E-state index in [-0.39, 0.29) is 0 Å². The highest BCUT2D eigenvalue weighted by Gasteiger charge is 2.02. The lowest BCUT2D eigenvalue weighted by atomic mass is 10.0. The summed E-state index contributed by atoms with van der Waals surface area (Å²) < 4.78 is 0. The van der Waals surface area contributed by atoms with Crippen molar-refractivity contribution in [2.45, 2.75) is 26.2 Å². The topological polar surface area (TPSA) is 25.8 Å². The second-order valence-electron chi connectivity index (χ2n) is 3.39. The van der Waals surface area contributed by atoms with Gasteiger partial charge in [-0.25, -0.2) is 0 Å². The minimum Gasteiger partial charge on any atom is -0.257 e. The van der Waals surface area contributed by atoms with Gasteiger partial charge in [0.25, 0.3) is 0 Å². The van der Waals surface area contributed by atoms with Gasteiger partial charge < -0.3 is 0 Å². The third kappa shape index (κ3) is 1.90. The number of aryl methyl sites for hydroxylation is 1. The second-order valence-corrected chi connectivity index (χ2v) is 3.39. The molecule has 0 saturated heterocycles. The Balaban J connectivity index is 2.24. The number of hydrogen-bond acceptors (Lipinski definition) is 2. The molecular weight excluding hydrogens is 172 g/mol. The lowest BCUT2D eigenvalue weighted by Crippen LogP contribution is -1.94. The van der Waals surface area contributed by atoms with E-state index >= 15 is 0 Å². The van der Waals surface area contributed by atoms with Crippen molar-refractivity contribution in [3.63, 3.8) is 0 Å². The molecule has 0 aliphatic heterocycles. The maximum absolute atomic E-state index is 4.39. The summed E-state index contributed by atoms with van der Waals surface area (Å²) in [5, 5.41) is 0. The van der Waals surface area contributed by atoms with Crippen LogP contribution in [0.3, 0.4) is 0 Å². The Bertz CT molecular complexity index is 360. The first-order chi connectivity index (χ1) is 6.90. The maximum atomic E-state index is 4.39. The van der Waals surface area contributed by atoms with E-state index in [0.717, 1.165) is 30.7 Å². The van der Waals surface area contributed by atoms with E-state index in [2.05, 4.69) is 35.1 Å². The average Bonchev–Trinajstić information content (AvgIpc) is 2.30. The number of allylic oxidation sites excluding steroid dienone is 4. The largest absolute Gasteiger partial charge is 0.257 e. The first-order valence-corrected chi connectivity index (χ1v) is 5.08. The van der Waals surface area contributed by atoms with E-state index in [1.165, 1.54) is 5.57 Å². The van der Waals surface area contributed by atoms with Crippen LogP contribution in [-0.2, 0) is 6.42 Å². The molecule has 1 aliphatic carbocycles. The smallest absolute Gasteiger partial charge is 0.0882 e. The van der Waals surface area contributed by atoms with E-state index in [9.17, 15) is 0 Å². The van der Waals surface area contributed by atoms with Crippen molar-refractivity contribution in [1.29, 1.82) is 0 Å². The lowest BCUT2D eigenvalue weighted by molar-refractivity contribution is 0.986. The quantitative estimate of drug-likeness (QED) is 0.709. The Morgan fingerprint density at radius 1 is 1.21 bits per heavy atom. The molecule has 0 bridgehead atoms. The minimum absolute atomic E-state index is 0.947. The van der Waals surface area contributed by atoms with Crippen LogP contribution in [0.25, 0.3) is 5.57 Å². The zero-order chi connectivity index (χ0) is 9.80. The Morgan fingerprint density at radius 2 is 2.14 bits per heavy atom. The predicted octanol–water partition coefficient (Wildman–Crippen LogP) is 2.77. The molecule has 2 heteroatoms. The molecule has 0 amide bonds. The first kappa shape index (κ1) is 9.13. The summed E-state index contributed by atoms with van der Waals surface area (Å²) in [6.45, 7) is 2.09. The standard InChI is InChI=1S/C12H14N2/c1-2-11-8-14-12(9-13-11)10-6-4-3-5-7-10/h4,6-9H,2-3,5H2,1H3. The average molecular weight is 186 g/mol. The van der Waals surface area contributed by atoms with Gasteiger partial charge in [-0.15, -0.1) is 0 Å². The number of nitrogens with zero attached hydrogens (tertiary/aromatic N) is 2. The Labute approximate surface area is 84.4 Å². The molecule has 1 heterocycles. The van der Waals surface area contributed by atoms with Gasteiger partial charge in [-0.05, 0) is 24.8 Å². The first-order valence-electron chi connectivity index (χ1n) is 5.08. The van der Waals surface area contributed by atoms with Gasteiger partial charge in [-0.2, -0.15) is 0 Å². The van der Waals surface area contributed by atoms with Crippen LogP contribution < -0.4 is 0 Å².